The zero-order chi connectivity index (χ0) is 16.4. The van der Waals surface area contributed by atoms with E-state index in [4.69, 9.17) is 0 Å². The number of aromatic nitrogens is 4. The largest absolute Gasteiger partial charge is 0.345 e. The molecule has 24 heavy (non-hydrogen) atoms. The van der Waals surface area contributed by atoms with Crippen molar-refractivity contribution in [1.29, 1.82) is 0 Å². The summed E-state index contributed by atoms with van der Waals surface area (Å²) in [5.41, 5.74) is 1.43. The molecule has 1 saturated heterocycles. The van der Waals surface area contributed by atoms with Crippen molar-refractivity contribution in [2.24, 2.45) is 0 Å². The Morgan fingerprint density at radius 2 is 1.67 bits per heavy atom. The number of carbonyl (C=O) groups is 1. The van der Waals surface area contributed by atoms with Crippen LogP contribution in [0.25, 0.3) is 0 Å². The Labute approximate surface area is 140 Å². The highest BCUT2D eigenvalue weighted by molar-refractivity contribution is 5.93. The van der Waals surface area contributed by atoms with Gasteiger partial charge in [-0.1, -0.05) is 0 Å². The number of hydrogen-bond acceptors (Lipinski definition) is 6. The summed E-state index contributed by atoms with van der Waals surface area (Å²) >= 11 is 0. The fourth-order valence-corrected chi connectivity index (χ4v) is 3.15. The van der Waals surface area contributed by atoms with Gasteiger partial charge in [0.1, 0.15) is 6.33 Å². The Morgan fingerprint density at radius 3 is 2.29 bits per heavy atom. The second kappa shape index (κ2) is 6.14. The van der Waals surface area contributed by atoms with E-state index in [1.54, 1.807) is 12.4 Å². The first kappa shape index (κ1) is 15.0. The molecule has 2 fully saturated rings. The van der Waals surface area contributed by atoms with Gasteiger partial charge in [0.15, 0.2) is 0 Å². The zero-order valence-corrected chi connectivity index (χ0v) is 13.5. The van der Waals surface area contributed by atoms with Crippen molar-refractivity contribution in [1.82, 2.24) is 24.8 Å². The van der Waals surface area contributed by atoms with Crippen LogP contribution in [0.1, 0.15) is 48.0 Å². The number of rotatable bonds is 4. The normalized spacial score (nSPS) is 18.9. The predicted octanol–water partition coefficient (Wildman–Crippen LogP) is 1.99. The standard InChI is InChI=1S/C17H20N6O/c24-15(23-6-2-1-3-7-23)13-8-20-16(21-9-13)22-17(4-5-17)14-10-18-12-19-11-14/h8-12H,1-7H2,(H,20,21,22). The molecule has 2 aliphatic rings. The van der Waals surface area contributed by atoms with Crippen molar-refractivity contribution in [2.75, 3.05) is 18.4 Å². The monoisotopic (exact) mass is 324 g/mol. The van der Waals surface area contributed by atoms with Crippen LogP contribution >= 0.6 is 0 Å². The van der Waals surface area contributed by atoms with Gasteiger partial charge in [0.05, 0.1) is 11.1 Å². The second-order valence-corrected chi connectivity index (χ2v) is 6.48. The molecule has 4 rings (SSSR count). The van der Waals surface area contributed by atoms with E-state index in [1.807, 2.05) is 17.3 Å². The molecule has 124 valence electrons. The molecule has 1 saturated carbocycles. The average Bonchev–Trinajstić information content (AvgIpc) is 3.44. The summed E-state index contributed by atoms with van der Waals surface area (Å²) in [6.45, 7) is 1.66. The van der Waals surface area contributed by atoms with Crippen molar-refractivity contribution in [3.8, 4) is 0 Å². The number of likely N-dealkylation sites (tertiary alicyclic amines) is 1. The maximum absolute atomic E-state index is 12.4. The number of piperidine rings is 1. The maximum atomic E-state index is 12.4. The molecular weight excluding hydrogens is 304 g/mol. The maximum Gasteiger partial charge on any atom is 0.256 e. The molecule has 7 heteroatoms. The molecule has 1 N–H and O–H groups in total. The van der Waals surface area contributed by atoms with Crippen LogP contribution in [0.2, 0.25) is 0 Å². The highest BCUT2D eigenvalue weighted by atomic mass is 16.2. The highest BCUT2D eigenvalue weighted by Gasteiger charge is 2.45. The van der Waals surface area contributed by atoms with Crippen LogP contribution in [-0.2, 0) is 5.54 Å². The third kappa shape index (κ3) is 2.93. The van der Waals surface area contributed by atoms with Gasteiger partial charge in [-0.3, -0.25) is 4.79 Å². The zero-order valence-electron chi connectivity index (χ0n) is 13.5. The summed E-state index contributed by atoms with van der Waals surface area (Å²) < 4.78 is 0. The van der Waals surface area contributed by atoms with Crippen LogP contribution in [0.3, 0.4) is 0 Å². The van der Waals surface area contributed by atoms with Gasteiger partial charge in [-0.15, -0.1) is 0 Å². The van der Waals surface area contributed by atoms with E-state index in [-0.39, 0.29) is 11.4 Å². The molecule has 1 aliphatic carbocycles. The van der Waals surface area contributed by atoms with Crippen LogP contribution < -0.4 is 5.32 Å². The molecule has 1 aliphatic heterocycles. The Balaban J connectivity index is 1.45. The highest BCUT2D eigenvalue weighted by Crippen LogP contribution is 2.47. The van der Waals surface area contributed by atoms with Gasteiger partial charge in [-0.25, -0.2) is 19.9 Å². The molecule has 2 aromatic heterocycles. The molecule has 0 atom stereocenters. The summed E-state index contributed by atoms with van der Waals surface area (Å²) in [6.07, 6.45) is 13.7. The fraction of sp³-hybridized carbons (Fsp3) is 0.471. The van der Waals surface area contributed by atoms with Crippen molar-refractivity contribution in [3.05, 3.63) is 42.2 Å². The molecule has 1 amide bonds. The van der Waals surface area contributed by atoms with Crippen LogP contribution in [0.15, 0.2) is 31.1 Å². The number of nitrogens with one attached hydrogen (secondary N) is 1. The van der Waals surface area contributed by atoms with Gasteiger partial charge in [-0.05, 0) is 32.1 Å². The summed E-state index contributed by atoms with van der Waals surface area (Å²) in [4.78, 5) is 31.2. The van der Waals surface area contributed by atoms with E-state index >= 15 is 0 Å². The molecule has 0 bridgehead atoms. The van der Waals surface area contributed by atoms with Crippen molar-refractivity contribution in [2.45, 2.75) is 37.6 Å². The Bertz CT molecular complexity index is 708. The summed E-state index contributed by atoms with van der Waals surface area (Å²) in [5, 5.41) is 3.36. The summed E-state index contributed by atoms with van der Waals surface area (Å²) in [5.74, 6) is 0.561. The van der Waals surface area contributed by atoms with Crippen molar-refractivity contribution >= 4 is 11.9 Å². The smallest absolute Gasteiger partial charge is 0.256 e. The third-order valence-corrected chi connectivity index (χ3v) is 4.76. The number of nitrogens with zero attached hydrogens (tertiary/aromatic N) is 5. The van der Waals surface area contributed by atoms with E-state index in [0.717, 1.165) is 44.3 Å². The SMILES string of the molecule is O=C(c1cnc(NC2(c3cncnc3)CC2)nc1)N1CCCCC1. The number of carbonyl (C=O) groups excluding carboxylic acids is 1. The van der Waals surface area contributed by atoms with E-state index in [2.05, 4.69) is 25.3 Å². The minimum atomic E-state index is -0.167. The Kier molecular flexibility index (Phi) is 3.84. The lowest BCUT2D eigenvalue weighted by Crippen LogP contribution is -2.35. The lowest BCUT2D eigenvalue weighted by Gasteiger charge is -2.26. The fourth-order valence-electron chi connectivity index (χ4n) is 3.15. The van der Waals surface area contributed by atoms with Crippen LogP contribution in [-0.4, -0.2) is 43.8 Å². The molecule has 0 aromatic carbocycles. The van der Waals surface area contributed by atoms with E-state index in [1.165, 1.54) is 12.7 Å². The van der Waals surface area contributed by atoms with Gasteiger partial charge in [0, 0.05) is 43.4 Å². The minimum Gasteiger partial charge on any atom is -0.345 e. The van der Waals surface area contributed by atoms with Crippen LogP contribution in [0.4, 0.5) is 5.95 Å². The lowest BCUT2D eigenvalue weighted by atomic mass is 10.1. The number of hydrogen-bond donors (Lipinski definition) is 1. The quantitative estimate of drug-likeness (QED) is 0.926. The van der Waals surface area contributed by atoms with Gasteiger partial charge in [-0.2, -0.15) is 0 Å². The summed E-state index contributed by atoms with van der Waals surface area (Å²) in [7, 11) is 0. The number of amides is 1. The molecular formula is C17H20N6O. The van der Waals surface area contributed by atoms with Crippen LogP contribution in [0, 0.1) is 0 Å². The summed E-state index contributed by atoms with van der Waals surface area (Å²) in [6, 6.07) is 0. The van der Waals surface area contributed by atoms with Gasteiger partial charge in [0.2, 0.25) is 5.95 Å². The van der Waals surface area contributed by atoms with E-state index in [9.17, 15) is 4.79 Å². The predicted molar refractivity (Wildman–Crippen MR) is 88.4 cm³/mol. The van der Waals surface area contributed by atoms with Gasteiger partial charge in [0.25, 0.3) is 5.91 Å². The molecule has 0 spiro atoms. The van der Waals surface area contributed by atoms with E-state index < -0.39 is 0 Å². The van der Waals surface area contributed by atoms with Gasteiger partial charge < -0.3 is 10.2 Å². The first-order chi connectivity index (χ1) is 11.8. The van der Waals surface area contributed by atoms with E-state index in [0.29, 0.717) is 11.5 Å². The van der Waals surface area contributed by atoms with Crippen LogP contribution in [0.5, 0.6) is 0 Å². The molecule has 7 nitrogen and oxygen atoms in total. The molecule has 2 aromatic rings. The average molecular weight is 324 g/mol. The first-order valence-corrected chi connectivity index (χ1v) is 8.42. The second-order valence-electron chi connectivity index (χ2n) is 6.48. The topological polar surface area (TPSA) is 83.9 Å². The number of anilines is 1. The lowest BCUT2D eigenvalue weighted by molar-refractivity contribution is 0.0723. The Hall–Kier alpha value is -2.57. The molecule has 3 heterocycles. The first-order valence-electron chi connectivity index (χ1n) is 8.42. The molecule has 0 radical (unpaired) electrons. The van der Waals surface area contributed by atoms with Crippen molar-refractivity contribution < 1.29 is 4.79 Å². The third-order valence-electron chi connectivity index (χ3n) is 4.76. The van der Waals surface area contributed by atoms with Crippen molar-refractivity contribution in [3.63, 3.8) is 0 Å². The Morgan fingerprint density at radius 1 is 1.00 bits per heavy atom. The minimum absolute atomic E-state index is 0.0267. The van der Waals surface area contributed by atoms with Gasteiger partial charge >= 0.3 is 0 Å². The molecule has 0 unspecified atom stereocenters.